The Hall–Kier alpha value is -3.83. The van der Waals surface area contributed by atoms with Crippen LogP contribution in [-0.2, 0) is 5.41 Å². The van der Waals surface area contributed by atoms with Crippen LogP contribution in [0, 0.1) is 5.82 Å². The third kappa shape index (κ3) is 4.13. The SMILES string of the molecule is CC(C)(c1cc(NCNc2ccc(-c3cn(C4CC4)c4ncnc(N)c34)cc2F)on1)C(F)(F)F. The molecule has 184 valence electrons. The van der Waals surface area contributed by atoms with Gasteiger partial charge in [-0.2, -0.15) is 13.2 Å². The van der Waals surface area contributed by atoms with E-state index >= 15 is 0 Å². The molecule has 4 aromatic rings. The Labute approximate surface area is 197 Å². The van der Waals surface area contributed by atoms with Crippen LogP contribution in [0.2, 0.25) is 0 Å². The molecule has 12 heteroatoms. The van der Waals surface area contributed by atoms with Gasteiger partial charge in [-0.05, 0) is 44.4 Å². The number of nitrogen functional groups attached to an aromatic ring is 1. The van der Waals surface area contributed by atoms with Crippen molar-refractivity contribution in [1.82, 2.24) is 19.7 Å². The van der Waals surface area contributed by atoms with Gasteiger partial charge < -0.3 is 25.5 Å². The van der Waals surface area contributed by atoms with E-state index in [0.717, 1.165) is 37.9 Å². The number of nitrogens with zero attached hydrogens (tertiary/aromatic N) is 4. The van der Waals surface area contributed by atoms with Crippen LogP contribution in [0.1, 0.15) is 38.4 Å². The van der Waals surface area contributed by atoms with Gasteiger partial charge >= 0.3 is 6.18 Å². The van der Waals surface area contributed by atoms with Crippen molar-refractivity contribution in [3.8, 4) is 11.1 Å². The second-order valence-corrected chi connectivity index (χ2v) is 9.06. The molecule has 3 aromatic heterocycles. The van der Waals surface area contributed by atoms with Crippen LogP contribution in [0.15, 0.2) is 41.3 Å². The minimum Gasteiger partial charge on any atom is -0.383 e. The number of nitrogens with two attached hydrogens (primary N) is 1. The number of fused-ring (bicyclic) bond motifs is 1. The molecule has 3 heterocycles. The Morgan fingerprint density at radius 1 is 1.14 bits per heavy atom. The van der Waals surface area contributed by atoms with Crippen LogP contribution < -0.4 is 16.4 Å². The Kier molecular flexibility index (Phi) is 5.33. The van der Waals surface area contributed by atoms with E-state index in [0.29, 0.717) is 22.8 Å². The third-order valence-corrected chi connectivity index (χ3v) is 6.26. The highest BCUT2D eigenvalue weighted by molar-refractivity contribution is 6.00. The molecule has 5 rings (SSSR count). The molecule has 0 spiro atoms. The van der Waals surface area contributed by atoms with Crippen molar-refractivity contribution in [2.24, 2.45) is 0 Å². The van der Waals surface area contributed by atoms with E-state index in [4.69, 9.17) is 10.3 Å². The molecule has 1 aliphatic rings. The summed E-state index contributed by atoms with van der Waals surface area (Å²) in [5, 5.41) is 9.80. The summed E-state index contributed by atoms with van der Waals surface area (Å²) >= 11 is 0. The van der Waals surface area contributed by atoms with E-state index < -0.39 is 17.4 Å². The van der Waals surface area contributed by atoms with Gasteiger partial charge in [-0.1, -0.05) is 11.2 Å². The first-order valence-electron chi connectivity index (χ1n) is 11.0. The van der Waals surface area contributed by atoms with Gasteiger partial charge in [-0.3, -0.25) is 0 Å². The molecule has 1 aliphatic carbocycles. The molecule has 35 heavy (non-hydrogen) atoms. The van der Waals surface area contributed by atoms with E-state index in [-0.39, 0.29) is 23.9 Å². The zero-order valence-corrected chi connectivity index (χ0v) is 18.9. The number of nitrogens with one attached hydrogen (secondary N) is 2. The van der Waals surface area contributed by atoms with Gasteiger partial charge in [0.1, 0.15) is 34.7 Å². The molecular weight excluding hydrogens is 466 g/mol. The lowest BCUT2D eigenvalue weighted by molar-refractivity contribution is -0.181. The smallest absolute Gasteiger partial charge is 0.383 e. The van der Waals surface area contributed by atoms with Crippen molar-refractivity contribution in [2.45, 2.75) is 44.3 Å². The van der Waals surface area contributed by atoms with Gasteiger partial charge in [0.15, 0.2) is 0 Å². The lowest BCUT2D eigenvalue weighted by atomic mass is 9.89. The third-order valence-electron chi connectivity index (χ3n) is 6.26. The van der Waals surface area contributed by atoms with E-state index in [2.05, 4.69) is 30.3 Å². The minimum absolute atomic E-state index is 0.000871. The highest BCUT2D eigenvalue weighted by Crippen LogP contribution is 2.42. The Balaban J connectivity index is 1.31. The molecule has 1 saturated carbocycles. The normalized spacial score (nSPS) is 14.5. The van der Waals surface area contributed by atoms with Crippen LogP contribution in [0.5, 0.6) is 0 Å². The molecule has 8 nitrogen and oxygen atoms in total. The number of anilines is 3. The molecule has 0 atom stereocenters. The summed E-state index contributed by atoms with van der Waals surface area (Å²) < 4.78 is 61.5. The Morgan fingerprint density at radius 3 is 2.60 bits per heavy atom. The van der Waals surface area contributed by atoms with Crippen LogP contribution >= 0.6 is 0 Å². The number of benzene rings is 1. The fraction of sp³-hybridized carbons (Fsp3) is 0.348. The van der Waals surface area contributed by atoms with E-state index in [1.807, 2.05) is 6.20 Å². The summed E-state index contributed by atoms with van der Waals surface area (Å²) in [4.78, 5) is 8.46. The molecule has 0 saturated heterocycles. The molecule has 0 radical (unpaired) electrons. The highest BCUT2D eigenvalue weighted by Gasteiger charge is 2.50. The second-order valence-electron chi connectivity index (χ2n) is 9.06. The number of hydrogen-bond acceptors (Lipinski definition) is 7. The molecule has 0 amide bonds. The standard InChI is InChI=1S/C23H23F4N7O/c1-22(2,23(25,26)27)17-8-18(35-33-17)30-10-29-16-6-3-12(7-15(16)24)14-9-34(13-4-5-13)21-19(14)20(28)31-11-32-21/h3,6-9,11,13,29-30H,4-5,10H2,1-2H3,(H2,28,31,32). The summed E-state index contributed by atoms with van der Waals surface area (Å²) in [5.74, 6) is -0.148. The molecule has 1 aromatic carbocycles. The van der Waals surface area contributed by atoms with E-state index in [1.165, 1.54) is 18.5 Å². The first-order valence-corrected chi connectivity index (χ1v) is 11.0. The average molecular weight is 489 g/mol. The summed E-state index contributed by atoms with van der Waals surface area (Å²) in [6.45, 7) is 2.04. The lowest BCUT2D eigenvalue weighted by Gasteiger charge is -2.24. The zero-order chi connectivity index (χ0) is 25.0. The van der Waals surface area contributed by atoms with Crippen LogP contribution in [0.4, 0.5) is 35.0 Å². The monoisotopic (exact) mass is 489 g/mol. The van der Waals surface area contributed by atoms with Crippen LogP contribution in [0.25, 0.3) is 22.2 Å². The summed E-state index contributed by atoms with van der Waals surface area (Å²) in [6, 6.07) is 6.25. The second kappa shape index (κ2) is 8.14. The van der Waals surface area contributed by atoms with Gasteiger partial charge in [-0.25, -0.2) is 14.4 Å². The molecule has 0 bridgehead atoms. The Bertz CT molecular complexity index is 1390. The Morgan fingerprint density at radius 2 is 1.91 bits per heavy atom. The number of hydrogen-bond donors (Lipinski definition) is 3. The maximum absolute atomic E-state index is 14.9. The lowest BCUT2D eigenvalue weighted by Crippen LogP contribution is -2.36. The van der Waals surface area contributed by atoms with Crippen molar-refractivity contribution in [2.75, 3.05) is 23.0 Å². The predicted octanol–water partition coefficient (Wildman–Crippen LogP) is 5.46. The van der Waals surface area contributed by atoms with Crippen molar-refractivity contribution < 1.29 is 22.1 Å². The number of aromatic nitrogens is 4. The van der Waals surface area contributed by atoms with Gasteiger partial charge in [0.25, 0.3) is 0 Å². The molecule has 0 aliphatic heterocycles. The highest BCUT2D eigenvalue weighted by atomic mass is 19.4. The van der Waals surface area contributed by atoms with Crippen LogP contribution in [0.3, 0.4) is 0 Å². The molecule has 0 unspecified atom stereocenters. The zero-order valence-electron chi connectivity index (χ0n) is 18.9. The van der Waals surface area contributed by atoms with Gasteiger partial charge in [-0.15, -0.1) is 0 Å². The summed E-state index contributed by atoms with van der Waals surface area (Å²) in [7, 11) is 0. The largest absolute Gasteiger partial charge is 0.399 e. The van der Waals surface area contributed by atoms with Crippen molar-refractivity contribution in [1.29, 1.82) is 0 Å². The maximum Gasteiger partial charge on any atom is 0.399 e. The number of rotatable bonds is 7. The quantitative estimate of drug-likeness (QED) is 0.234. The topological polar surface area (TPSA) is 107 Å². The van der Waals surface area contributed by atoms with E-state index in [1.54, 1.807) is 12.1 Å². The average Bonchev–Trinajstić information content (AvgIpc) is 3.38. The van der Waals surface area contributed by atoms with Gasteiger partial charge in [0, 0.05) is 23.9 Å². The predicted molar refractivity (Wildman–Crippen MR) is 123 cm³/mol. The van der Waals surface area contributed by atoms with Crippen molar-refractivity contribution in [3.63, 3.8) is 0 Å². The fourth-order valence-electron chi connectivity index (χ4n) is 3.81. The molecular formula is C23H23F4N7O. The molecule has 4 N–H and O–H groups in total. The maximum atomic E-state index is 14.9. The first-order chi connectivity index (χ1) is 16.6. The van der Waals surface area contributed by atoms with Crippen molar-refractivity contribution >= 4 is 28.4 Å². The first kappa shape index (κ1) is 22.9. The summed E-state index contributed by atoms with van der Waals surface area (Å²) in [5.41, 5.74) is 5.99. The fourth-order valence-corrected chi connectivity index (χ4v) is 3.81. The van der Waals surface area contributed by atoms with E-state index in [9.17, 15) is 17.6 Å². The van der Waals surface area contributed by atoms with Gasteiger partial charge in [0.05, 0.1) is 17.7 Å². The number of alkyl halides is 3. The van der Waals surface area contributed by atoms with Crippen LogP contribution in [-0.4, -0.2) is 32.5 Å². The number of halogens is 4. The van der Waals surface area contributed by atoms with Gasteiger partial charge in [0.2, 0.25) is 5.88 Å². The van der Waals surface area contributed by atoms with Crippen molar-refractivity contribution in [3.05, 3.63) is 48.3 Å². The molecule has 1 fully saturated rings. The minimum atomic E-state index is -4.48. The summed E-state index contributed by atoms with van der Waals surface area (Å²) in [6.07, 6.45) is 0.977.